The first-order valence-electron chi connectivity index (χ1n) is 6.48. The van der Waals surface area contributed by atoms with Crippen molar-refractivity contribution in [2.24, 2.45) is 5.16 Å². The molecule has 1 aromatic rings. The fraction of sp³-hybridized carbons (Fsp3) is 0.429. The average molecular weight is 331 g/mol. The van der Waals surface area contributed by atoms with Crippen molar-refractivity contribution in [1.29, 1.82) is 0 Å². The fourth-order valence-electron chi connectivity index (χ4n) is 1.99. The van der Waals surface area contributed by atoms with E-state index < -0.39 is 6.10 Å². The molecule has 2 rings (SSSR count). The largest absolute Gasteiger partial charge is 0.383 e. The number of hydrogen-bond donors (Lipinski definition) is 1. The van der Waals surface area contributed by atoms with Gasteiger partial charge in [-0.05, 0) is 19.1 Å². The molecule has 7 heteroatoms. The normalized spacial score (nSPS) is 18.9. The average Bonchev–Trinajstić information content (AvgIpc) is 2.92. The van der Waals surface area contributed by atoms with Crippen LogP contribution in [0.5, 0.6) is 0 Å². The molecule has 0 saturated heterocycles. The third-order valence-corrected chi connectivity index (χ3v) is 3.76. The lowest BCUT2D eigenvalue weighted by atomic mass is 10.0. The van der Waals surface area contributed by atoms with Crippen LogP contribution in [0.1, 0.15) is 18.9 Å². The molecule has 1 aromatic carbocycles. The second-order valence-corrected chi connectivity index (χ2v) is 5.64. The third-order valence-electron chi connectivity index (χ3n) is 3.02. The summed E-state index contributed by atoms with van der Waals surface area (Å²) in [6.45, 7) is 2.30. The molecular formula is C14H16Cl2N2O3. The number of nitrogens with zero attached hydrogens (tertiary/aromatic N) is 1. The van der Waals surface area contributed by atoms with Gasteiger partial charge in [0.15, 0.2) is 0 Å². The van der Waals surface area contributed by atoms with Crippen LogP contribution in [0.4, 0.5) is 0 Å². The Morgan fingerprint density at radius 1 is 1.52 bits per heavy atom. The second kappa shape index (κ2) is 7.11. The summed E-state index contributed by atoms with van der Waals surface area (Å²) in [5.41, 5.74) is 1.47. The maximum absolute atomic E-state index is 12.0. The van der Waals surface area contributed by atoms with Crippen molar-refractivity contribution in [2.45, 2.75) is 25.5 Å². The molecule has 0 fully saturated rings. The van der Waals surface area contributed by atoms with Gasteiger partial charge in [-0.2, -0.15) is 0 Å². The van der Waals surface area contributed by atoms with Crippen LogP contribution < -0.4 is 5.32 Å². The van der Waals surface area contributed by atoms with Crippen LogP contribution in [0, 0.1) is 0 Å². The molecule has 1 heterocycles. The van der Waals surface area contributed by atoms with Crippen molar-refractivity contribution < 1.29 is 14.4 Å². The molecule has 5 nitrogen and oxygen atoms in total. The second-order valence-electron chi connectivity index (χ2n) is 4.83. The summed E-state index contributed by atoms with van der Waals surface area (Å²) in [5.74, 6) is -0.210. The smallest absolute Gasteiger partial charge is 0.264 e. The third kappa shape index (κ3) is 4.09. The van der Waals surface area contributed by atoms with Gasteiger partial charge in [0.25, 0.3) is 5.91 Å². The molecule has 114 valence electrons. The van der Waals surface area contributed by atoms with Crippen LogP contribution in [0.15, 0.2) is 23.4 Å². The van der Waals surface area contributed by atoms with Crippen molar-refractivity contribution in [3.05, 3.63) is 33.8 Å². The van der Waals surface area contributed by atoms with Crippen molar-refractivity contribution in [2.75, 3.05) is 13.7 Å². The van der Waals surface area contributed by atoms with E-state index in [1.54, 1.807) is 25.3 Å². The van der Waals surface area contributed by atoms with Crippen LogP contribution in [-0.2, 0) is 14.4 Å². The number of halogens is 2. The molecule has 1 aliphatic rings. The Morgan fingerprint density at radius 2 is 2.29 bits per heavy atom. The number of rotatable bonds is 5. The zero-order valence-corrected chi connectivity index (χ0v) is 13.2. The van der Waals surface area contributed by atoms with E-state index in [-0.39, 0.29) is 11.9 Å². The minimum Gasteiger partial charge on any atom is -0.383 e. The first-order valence-corrected chi connectivity index (χ1v) is 7.24. The van der Waals surface area contributed by atoms with E-state index in [9.17, 15) is 4.79 Å². The van der Waals surface area contributed by atoms with Gasteiger partial charge >= 0.3 is 0 Å². The van der Waals surface area contributed by atoms with Crippen LogP contribution in [0.2, 0.25) is 10.0 Å². The first-order chi connectivity index (χ1) is 10.0. The molecule has 1 amide bonds. The number of carbonyl (C=O) groups is 1. The number of benzene rings is 1. The highest BCUT2D eigenvalue weighted by molar-refractivity contribution is 6.42. The first kappa shape index (κ1) is 16.1. The summed E-state index contributed by atoms with van der Waals surface area (Å²) < 4.78 is 4.97. The summed E-state index contributed by atoms with van der Waals surface area (Å²) in [5, 5.41) is 7.68. The van der Waals surface area contributed by atoms with Crippen molar-refractivity contribution in [3.8, 4) is 0 Å². The molecule has 0 bridgehead atoms. The van der Waals surface area contributed by atoms with E-state index >= 15 is 0 Å². The fourth-order valence-corrected chi connectivity index (χ4v) is 2.29. The molecule has 0 aromatic heterocycles. The molecule has 0 aliphatic carbocycles. The molecular weight excluding hydrogens is 315 g/mol. The lowest BCUT2D eigenvalue weighted by Crippen LogP contribution is -2.42. The molecule has 0 radical (unpaired) electrons. The van der Waals surface area contributed by atoms with Gasteiger partial charge in [-0.3, -0.25) is 4.79 Å². The highest BCUT2D eigenvalue weighted by Crippen LogP contribution is 2.25. The summed E-state index contributed by atoms with van der Waals surface area (Å²) in [7, 11) is 1.58. The van der Waals surface area contributed by atoms with E-state index in [1.165, 1.54) is 0 Å². The topological polar surface area (TPSA) is 59.9 Å². The number of methoxy groups -OCH3 is 1. The van der Waals surface area contributed by atoms with E-state index in [0.717, 1.165) is 5.56 Å². The van der Waals surface area contributed by atoms with Crippen molar-refractivity contribution in [1.82, 2.24) is 5.32 Å². The van der Waals surface area contributed by atoms with Gasteiger partial charge in [-0.1, -0.05) is 34.4 Å². The summed E-state index contributed by atoms with van der Waals surface area (Å²) in [6, 6.07) is 5.11. The highest BCUT2D eigenvalue weighted by atomic mass is 35.5. The summed E-state index contributed by atoms with van der Waals surface area (Å²) in [6.07, 6.45) is -0.238. The Balaban J connectivity index is 1.96. The molecule has 21 heavy (non-hydrogen) atoms. The Bertz CT molecular complexity index is 563. The Morgan fingerprint density at radius 3 is 2.95 bits per heavy atom. The molecule has 1 aliphatic heterocycles. The van der Waals surface area contributed by atoms with Crippen LogP contribution in [0.25, 0.3) is 0 Å². The van der Waals surface area contributed by atoms with E-state index in [1.807, 2.05) is 6.92 Å². The van der Waals surface area contributed by atoms with Gasteiger partial charge in [0.05, 0.1) is 22.4 Å². The van der Waals surface area contributed by atoms with Crippen LogP contribution in [-0.4, -0.2) is 37.5 Å². The van der Waals surface area contributed by atoms with Gasteiger partial charge in [-0.15, -0.1) is 0 Å². The maximum atomic E-state index is 12.0. The number of hydrogen-bond acceptors (Lipinski definition) is 4. The number of amides is 1. The zero-order valence-electron chi connectivity index (χ0n) is 11.7. The molecule has 0 spiro atoms. The summed E-state index contributed by atoms with van der Waals surface area (Å²) >= 11 is 11.8. The zero-order chi connectivity index (χ0) is 15.4. The SMILES string of the molecule is COCC(C)NC(=O)C1CC(c2ccc(Cl)c(Cl)c2)=NO1. The lowest BCUT2D eigenvalue weighted by Gasteiger charge is -2.15. The number of carbonyl (C=O) groups excluding carboxylic acids is 1. The van der Waals surface area contributed by atoms with E-state index in [2.05, 4.69) is 10.5 Å². The van der Waals surface area contributed by atoms with Crippen LogP contribution in [0.3, 0.4) is 0 Å². The summed E-state index contributed by atoms with van der Waals surface area (Å²) in [4.78, 5) is 17.2. The highest BCUT2D eigenvalue weighted by Gasteiger charge is 2.29. The molecule has 0 saturated carbocycles. The predicted molar refractivity (Wildman–Crippen MR) is 82.0 cm³/mol. The van der Waals surface area contributed by atoms with Gasteiger partial charge in [0, 0.05) is 25.1 Å². The van der Waals surface area contributed by atoms with E-state index in [0.29, 0.717) is 28.8 Å². The van der Waals surface area contributed by atoms with Crippen molar-refractivity contribution in [3.63, 3.8) is 0 Å². The van der Waals surface area contributed by atoms with Crippen molar-refractivity contribution >= 4 is 34.8 Å². The monoisotopic (exact) mass is 330 g/mol. The van der Waals surface area contributed by atoms with Gasteiger partial charge < -0.3 is 14.9 Å². The predicted octanol–water partition coefficient (Wildman–Crippen LogP) is 2.64. The Labute approximate surface area is 133 Å². The molecule has 2 unspecified atom stereocenters. The van der Waals surface area contributed by atoms with E-state index in [4.69, 9.17) is 32.8 Å². The minimum atomic E-state index is -0.631. The molecule has 1 N–H and O–H groups in total. The number of ether oxygens (including phenoxy) is 1. The Hall–Kier alpha value is -1.30. The standard InChI is InChI=1S/C14H16Cl2N2O3/c1-8(7-20-2)17-14(19)13-6-12(18-21-13)9-3-4-10(15)11(16)5-9/h3-5,8,13H,6-7H2,1-2H3,(H,17,19). The quantitative estimate of drug-likeness (QED) is 0.902. The minimum absolute atomic E-state index is 0.0832. The maximum Gasteiger partial charge on any atom is 0.264 e. The lowest BCUT2D eigenvalue weighted by molar-refractivity contribution is -0.132. The molecule has 2 atom stereocenters. The van der Waals surface area contributed by atoms with Gasteiger partial charge in [0.1, 0.15) is 0 Å². The van der Waals surface area contributed by atoms with Gasteiger partial charge in [0.2, 0.25) is 6.10 Å². The van der Waals surface area contributed by atoms with Crippen LogP contribution >= 0.6 is 23.2 Å². The van der Waals surface area contributed by atoms with Gasteiger partial charge in [-0.25, -0.2) is 0 Å². The number of oxime groups is 1. The Kier molecular flexibility index (Phi) is 5.45. The number of nitrogens with one attached hydrogen (secondary N) is 1.